The third-order valence-electron chi connectivity index (χ3n) is 3.93. The Labute approximate surface area is 133 Å². The maximum atomic E-state index is 10.8. The van der Waals surface area contributed by atoms with Crippen molar-refractivity contribution in [2.75, 3.05) is 0 Å². The molecule has 0 aliphatic carbocycles. The molecule has 0 aliphatic heterocycles. The van der Waals surface area contributed by atoms with Gasteiger partial charge in [0, 0.05) is 6.42 Å². The Kier molecular flexibility index (Phi) is 9.42. The minimum absolute atomic E-state index is 0.646. The molecule has 126 valence electrons. The summed E-state index contributed by atoms with van der Waals surface area (Å²) < 4.78 is 0. The third-order valence-corrected chi connectivity index (χ3v) is 3.93. The molecule has 6 nitrogen and oxygen atoms in total. The normalized spacial score (nSPS) is 12.5. The number of aromatic nitrogens is 4. The van der Waals surface area contributed by atoms with Crippen LogP contribution in [0.3, 0.4) is 0 Å². The highest BCUT2D eigenvalue weighted by Crippen LogP contribution is 2.11. The van der Waals surface area contributed by atoms with Crippen molar-refractivity contribution in [3.63, 3.8) is 0 Å². The molecule has 22 heavy (non-hydrogen) atoms. The lowest BCUT2D eigenvalue weighted by Gasteiger charge is -2.02. The highest BCUT2D eigenvalue weighted by atomic mass is 16.4. The monoisotopic (exact) mass is 310 g/mol. The van der Waals surface area contributed by atoms with Crippen LogP contribution in [0.4, 0.5) is 0 Å². The Bertz CT molecular complexity index is 420. The molecule has 1 N–H and O–H groups in total. The number of hydrogen-bond acceptors (Lipinski definition) is 4. The van der Waals surface area contributed by atoms with Crippen molar-refractivity contribution in [2.24, 2.45) is 0 Å². The third kappa shape index (κ3) is 7.52. The van der Waals surface area contributed by atoms with Crippen LogP contribution in [0, 0.1) is 0 Å². The van der Waals surface area contributed by atoms with Gasteiger partial charge in [0.15, 0.2) is 11.9 Å². The van der Waals surface area contributed by atoms with Crippen LogP contribution in [0.25, 0.3) is 0 Å². The van der Waals surface area contributed by atoms with Crippen LogP contribution in [0.5, 0.6) is 0 Å². The molecule has 0 bridgehead atoms. The van der Waals surface area contributed by atoms with Gasteiger partial charge in [0.05, 0.1) is 0 Å². The van der Waals surface area contributed by atoms with E-state index in [0.29, 0.717) is 5.82 Å². The van der Waals surface area contributed by atoms with Gasteiger partial charge in [-0.05, 0) is 18.6 Å². The van der Waals surface area contributed by atoms with Gasteiger partial charge in [-0.3, -0.25) is 0 Å². The lowest BCUT2D eigenvalue weighted by Crippen LogP contribution is -2.18. The Hall–Kier alpha value is -1.46. The maximum absolute atomic E-state index is 10.8. The summed E-state index contributed by atoms with van der Waals surface area (Å²) in [5.41, 5.74) is 0. The smallest absolute Gasteiger partial charge is 0.330 e. The summed E-state index contributed by atoms with van der Waals surface area (Å²) in [7, 11) is 0. The van der Waals surface area contributed by atoms with Crippen molar-refractivity contribution in [3.8, 4) is 0 Å². The van der Waals surface area contributed by atoms with E-state index in [1.165, 1.54) is 62.6 Å². The summed E-state index contributed by atoms with van der Waals surface area (Å²) in [6, 6.07) is -0.756. The van der Waals surface area contributed by atoms with Gasteiger partial charge in [0.1, 0.15) is 0 Å². The van der Waals surface area contributed by atoms with E-state index < -0.39 is 12.0 Å². The number of carboxylic acids is 1. The minimum atomic E-state index is -0.942. The molecule has 0 aromatic carbocycles. The Morgan fingerprint density at radius 1 is 1.05 bits per heavy atom. The number of rotatable bonds is 13. The van der Waals surface area contributed by atoms with E-state index in [1.807, 2.05) is 0 Å². The van der Waals surface area contributed by atoms with Crippen LogP contribution in [0.1, 0.15) is 89.9 Å². The second-order valence-electron chi connectivity index (χ2n) is 5.97. The number of aliphatic carboxylic acids is 1. The quantitative estimate of drug-likeness (QED) is 0.561. The maximum Gasteiger partial charge on any atom is 0.330 e. The van der Waals surface area contributed by atoms with E-state index in [1.54, 1.807) is 6.92 Å². The fourth-order valence-corrected chi connectivity index (χ4v) is 2.39. The number of aryl methyl sites for hydroxylation is 1. The number of hydrogen-bond donors (Lipinski definition) is 1. The fraction of sp³-hybridized carbons (Fsp3) is 0.875. The van der Waals surface area contributed by atoms with Crippen LogP contribution in [-0.2, 0) is 11.2 Å². The van der Waals surface area contributed by atoms with E-state index in [-0.39, 0.29) is 0 Å². The Balaban J connectivity index is 2.02. The first-order valence-electron chi connectivity index (χ1n) is 8.66. The average Bonchev–Trinajstić information content (AvgIpc) is 2.97. The van der Waals surface area contributed by atoms with Crippen molar-refractivity contribution in [1.29, 1.82) is 0 Å². The molecule has 0 amide bonds. The topological polar surface area (TPSA) is 80.9 Å². The SMILES string of the molecule is CCCCCCCCCCCCc1nnn(C(C)C(=O)O)n1. The molecule has 1 heterocycles. The summed E-state index contributed by atoms with van der Waals surface area (Å²) in [5.74, 6) is -0.296. The Morgan fingerprint density at radius 2 is 1.59 bits per heavy atom. The van der Waals surface area contributed by atoms with Crippen LogP contribution >= 0.6 is 0 Å². The fourth-order valence-electron chi connectivity index (χ4n) is 2.39. The summed E-state index contributed by atoms with van der Waals surface area (Å²) in [6.07, 6.45) is 13.7. The zero-order valence-electron chi connectivity index (χ0n) is 14.0. The Morgan fingerprint density at radius 3 is 2.14 bits per heavy atom. The standard InChI is InChI=1S/C16H30N4O2/c1-3-4-5-6-7-8-9-10-11-12-13-15-17-19-20(18-15)14(2)16(21)22/h14H,3-13H2,1-2H3,(H,21,22). The van der Waals surface area contributed by atoms with Gasteiger partial charge in [-0.2, -0.15) is 0 Å². The molecular formula is C16H30N4O2. The van der Waals surface area contributed by atoms with Crippen molar-refractivity contribution < 1.29 is 9.90 Å². The van der Waals surface area contributed by atoms with Crippen LogP contribution in [0.15, 0.2) is 0 Å². The molecular weight excluding hydrogens is 280 g/mol. The average molecular weight is 310 g/mol. The van der Waals surface area contributed by atoms with E-state index in [4.69, 9.17) is 5.11 Å². The second kappa shape index (κ2) is 11.2. The molecule has 6 heteroatoms. The van der Waals surface area contributed by atoms with Crippen molar-refractivity contribution in [2.45, 2.75) is 90.5 Å². The summed E-state index contributed by atoms with van der Waals surface area (Å²) in [6.45, 7) is 3.80. The molecule has 1 aromatic heterocycles. The molecule has 1 aromatic rings. The summed E-state index contributed by atoms with van der Waals surface area (Å²) >= 11 is 0. The zero-order chi connectivity index (χ0) is 16.2. The second-order valence-corrected chi connectivity index (χ2v) is 5.97. The minimum Gasteiger partial charge on any atom is -0.480 e. The number of tetrazole rings is 1. The van der Waals surface area contributed by atoms with Gasteiger partial charge >= 0.3 is 5.97 Å². The highest BCUT2D eigenvalue weighted by molar-refractivity contribution is 5.70. The molecule has 0 saturated heterocycles. The lowest BCUT2D eigenvalue weighted by atomic mass is 10.1. The first-order chi connectivity index (χ1) is 10.6. The van der Waals surface area contributed by atoms with E-state index in [0.717, 1.165) is 12.8 Å². The number of nitrogens with zero attached hydrogens (tertiary/aromatic N) is 4. The molecule has 0 fully saturated rings. The lowest BCUT2D eigenvalue weighted by molar-refractivity contribution is -0.141. The molecule has 0 aliphatic rings. The summed E-state index contributed by atoms with van der Waals surface area (Å²) in [5, 5.41) is 20.7. The number of unbranched alkanes of at least 4 members (excludes halogenated alkanes) is 9. The van der Waals surface area contributed by atoms with Gasteiger partial charge < -0.3 is 5.11 Å². The van der Waals surface area contributed by atoms with Gasteiger partial charge in [0.2, 0.25) is 0 Å². The van der Waals surface area contributed by atoms with Gasteiger partial charge in [-0.15, -0.1) is 15.0 Å². The molecule has 1 rings (SSSR count). The van der Waals surface area contributed by atoms with Gasteiger partial charge in [-0.25, -0.2) is 4.79 Å². The zero-order valence-corrected chi connectivity index (χ0v) is 14.0. The largest absolute Gasteiger partial charge is 0.480 e. The first kappa shape index (κ1) is 18.6. The highest BCUT2D eigenvalue weighted by Gasteiger charge is 2.16. The molecule has 0 radical (unpaired) electrons. The molecule has 1 unspecified atom stereocenters. The number of carbonyl (C=O) groups is 1. The van der Waals surface area contributed by atoms with Crippen molar-refractivity contribution in [3.05, 3.63) is 5.82 Å². The van der Waals surface area contributed by atoms with Crippen LogP contribution < -0.4 is 0 Å². The van der Waals surface area contributed by atoms with Crippen molar-refractivity contribution >= 4 is 5.97 Å². The van der Waals surface area contributed by atoms with E-state index >= 15 is 0 Å². The van der Waals surface area contributed by atoms with E-state index in [9.17, 15) is 4.79 Å². The summed E-state index contributed by atoms with van der Waals surface area (Å²) in [4.78, 5) is 12.0. The molecule has 1 atom stereocenters. The molecule has 0 saturated carbocycles. The van der Waals surface area contributed by atoms with Crippen LogP contribution in [0.2, 0.25) is 0 Å². The first-order valence-corrected chi connectivity index (χ1v) is 8.66. The van der Waals surface area contributed by atoms with Gasteiger partial charge in [-0.1, -0.05) is 64.7 Å². The van der Waals surface area contributed by atoms with Crippen LogP contribution in [-0.4, -0.2) is 31.3 Å². The van der Waals surface area contributed by atoms with Crippen molar-refractivity contribution in [1.82, 2.24) is 20.2 Å². The number of carboxylic acid groups (broad SMARTS) is 1. The van der Waals surface area contributed by atoms with E-state index in [2.05, 4.69) is 22.3 Å². The molecule has 0 spiro atoms. The predicted molar refractivity (Wildman–Crippen MR) is 85.7 cm³/mol. The van der Waals surface area contributed by atoms with Gasteiger partial charge in [0.25, 0.3) is 0 Å². The predicted octanol–water partition coefficient (Wildman–Crippen LogP) is 3.78.